The molecule has 0 aliphatic carbocycles. The number of nitrogens with zero attached hydrogens (tertiary/aromatic N) is 3. The zero-order valence-electron chi connectivity index (χ0n) is 13.0. The molecule has 0 unspecified atom stereocenters. The standard InChI is InChI=1S/C19H14FN3O/c1-24-13-6-7-14-16(8-13)18-12(9-21-11-23-18)10-22-19(14)15-4-2-3-5-17(15)20/h2-9,11H,10H2,1H3. The summed E-state index contributed by atoms with van der Waals surface area (Å²) in [5.74, 6) is 0.420. The number of methoxy groups -OCH3 is 1. The van der Waals surface area contributed by atoms with Gasteiger partial charge in [-0.25, -0.2) is 14.4 Å². The van der Waals surface area contributed by atoms with Crippen molar-refractivity contribution in [2.75, 3.05) is 7.11 Å². The Bertz CT molecular complexity index is 953. The molecular weight excluding hydrogens is 305 g/mol. The second-order valence-corrected chi connectivity index (χ2v) is 5.45. The van der Waals surface area contributed by atoms with Crippen LogP contribution in [0.15, 0.2) is 60.0 Å². The highest BCUT2D eigenvalue weighted by Gasteiger charge is 2.22. The van der Waals surface area contributed by atoms with E-state index in [0.29, 0.717) is 23.6 Å². The molecule has 2 heterocycles. The second-order valence-electron chi connectivity index (χ2n) is 5.45. The Labute approximate surface area is 138 Å². The first-order chi connectivity index (χ1) is 11.8. The van der Waals surface area contributed by atoms with Crippen molar-refractivity contribution in [1.82, 2.24) is 9.97 Å². The largest absolute Gasteiger partial charge is 0.497 e. The Hall–Kier alpha value is -3.08. The Balaban J connectivity index is 2.00. The molecule has 0 N–H and O–H groups in total. The van der Waals surface area contributed by atoms with Gasteiger partial charge in [-0.2, -0.15) is 0 Å². The zero-order chi connectivity index (χ0) is 16.5. The molecule has 0 radical (unpaired) electrons. The summed E-state index contributed by atoms with van der Waals surface area (Å²) in [6.45, 7) is 0.400. The minimum atomic E-state index is -0.296. The van der Waals surface area contributed by atoms with Crippen LogP contribution in [0.2, 0.25) is 0 Å². The fourth-order valence-corrected chi connectivity index (χ4v) is 2.90. The van der Waals surface area contributed by atoms with E-state index in [9.17, 15) is 4.39 Å². The van der Waals surface area contributed by atoms with E-state index in [1.165, 1.54) is 12.4 Å². The number of aromatic nitrogens is 2. The van der Waals surface area contributed by atoms with Crippen molar-refractivity contribution in [2.24, 2.45) is 4.99 Å². The lowest BCUT2D eigenvalue weighted by Gasteiger charge is -2.12. The van der Waals surface area contributed by atoms with Crippen molar-refractivity contribution in [3.8, 4) is 17.0 Å². The summed E-state index contributed by atoms with van der Waals surface area (Å²) in [5.41, 5.74) is 4.49. The number of rotatable bonds is 2. The van der Waals surface area contributed by atoms with E-state index >= 15 is 0 Å². The SMILES string of the molecule is COc1ccc2c(c1)-c1ncncc1CN=C2c1ccccc1F. The topological polar surface area (TPSA) is 47.4 Å². The van der Waals surface area contributed by atoms with Crippen molar-refractivity contribution in [2.45, 2.75) is 6.54 Å². The molecular formula is C19H14FN3O. The summed E-state index contributed by atoms with van der Waals surface area (Å²) in [6.07, 6.45) is 3.26. The normalized spacial score (nSPS) is 12.7. The Morgan fingerprint density at radius 3 is 2.75 bits per heavy atom. The Kier molecular flexibility index (Phi) is 3.54. The highest BCUT2D eigenvalue weighted by Crippen LogP contribution is 2.33. The van der Waals surface area contributed by atoms with Gasteiger partial charge in [-0.05, 0) is 30.3 Å². The monoisotopic (exact) mass is 319 g/mol. The van der Waals surface area contributed by atoms with Crippen LogP contribution >= 0.6 is 0 Å². The molecule has 5 heteroatoms. The molecule has 3 aromatic rings. The van der Waals surface area contributed by atoms with Crippen molar-refractivity contribution in [3.63, 3.8) is 0 Å². The molecule has 0 amide bonds. The molecule has 1 aromatic heterocycles. The third-order valence-electron chi connectivity index (χ3n) is 4.06. The average Bonchev–Trinajstić information content (AvgIpc) is 2.79. The van der Waals surface area contributed by atoms with Gasteiger partial charge in [0.05, 0.1) is 25.1 Å². The van der Waals surface area contributed by atoms with E-state index in [-0.39, 0.29) is 5.82 Å². The van der Waals surface area contributed by atoms with Gasteiger partial charge in [-0.15, -0.1) is 0 Å². The van der Waals surface area contributed by atoms with Crippen molar-refractivity contribution in [3.05, 3.63) is 77.5 Å². The molecule has 1 aliphatic heterocycles. The summed E-state index contributed by atoms with van der Waals surface area (Å²) < 4.78 is 19.7. The van der Waals surface area contributed by atoms with Crippen molar-refractivity contribution in [1.29, 1.82) is 0 Å². The molecule has 0 bridgehead atoms. The maximum Gasteiger partial charge on any atom is 0.132 e. The molecule has 24 heavy (non-hydrogen) atoms. The maximum absolute atomic E-state index is 14.3. The smallest absolute Gasteiger partial charge is 0.132 e. The van der Waals surface area contributed by atoms with Gasteiger partial charge in [-0.1, -0.05) is 12.1 Å². The van der Waals surface area contributed by atoms with E-state index in [2.05, 4.69) is 15.0 Å². The number of hydrogen-bond donors (Lipinski definition) is 0. The highest BCUT2D eigenvalue weighted by molar-refractivity contribution is 6.17. The van der Waals surface area contributed by atoms with Gasteiger partial charge in [0, 0.05) is 28.5 Å². The molecule has 1 aliphatic rings. The first-order valence-corrected chi connectivity index (χ1v) is 7.55. The molecule has 4 nitrogen and oxygen atoms in total. The van der Waals surface area contributed by atoms with Crippen LogP contribution < -0.4 is 4.74 Å². The Morgan fingerprint density at radius 1 is 1.04 bits per heavy atom. The van der Waals surface area contributed by atoms with E-state index in [1.807, 2.05) is 24.3 Å². The Morgan fingerprint density at radius 2 is 1.92 bits per heavy atom. The summed E-state index contributed by atoms with van der Waals surface area (Å²) in [4.78, 5) is 13.1. The predicted octanol–water partition coefficient (Wildman–Crippen LogP) is 3.64. The number of fused-ring (bicyclic) bond motifs is 3. The van der Waals surface area contributed by atoms with Gasteiger partial charge in [-0.3, -0.25) is 4.99 Å². The number of hydrogen-bond acceptors (Lipinski definition) is 4. The fraction of sp³-hybridized carbons (Fsp3) is 0.105. The lowest BCUT2D eigenvalue weighted by atomic mass is 9.95. The maximum atomic E-state index is 14.3. The van der Waals surface area contributed by atoms with Crippen LogP contribution in [0.25, 0.3) is 11.3 Å². The molecule has 0 fully saturated rings. The molecule has 0 saturated carbocycles. The average molecular weight is 319 g/mol. The minimum Gasteiger partial charge on any atom is -0.497 e. The van der Waals surface area contributed by atoms with Gasteiger partial charge in [0.25, 0.3) is 0 Å². The quantitative estimate of drug-likeness (QED) is 0.724. The summed E-state index contributed by atoms with van der Waals surface area (Å²) >= 11 is 0. The third-order valence-corrected chi connectivity index (χ3v) is 4.06. The lowest BCUT2D eigenvalue weighted by Crippen LogP contribution is -2.07. The number of halogens is 1. The second kappa shape index (κ2) is 5.85. The van der Waals surface area contributed by atoms with E-state index in [0.717, 1.165) is 22.4 Å². The van der Waals surface area contributed by atoms with E-state index < -0.39 is 0 Å². The van der Waals surface area contributed by atoms with Crippen LogP contribution in [0.3, 0.4) is 0 Å². The van der Waals surface area contributed by atoms with Crippen LogP contribution in [0.1, 0.15) is 16.7 Å². The molecule has 2 aromatic carbocycles. The van der Waals surface area contributed by atoms with Crippen LogP contribution in [-0.4, -0.2) is 22.8 Å². The van der Waals surface area contributed by atoms with Crippen LogP contribution in [0.5, 0.6) is 5.75 Å². The van der Waals surface area contributed by atoms with Gasteiger partial charge in [0.1, 0.15) is 17.9 Å². The third kappa shape index (κ3) is 2.34. The van der Waals surface area contributed by atoms with Gasteiger partial charge in [0.15, 0.2) is 0 Å². The first-order valence-electron chi connectivity index (χ1n) is 7.55. The van der Waals surface area contributed by atoms with Crippen LogP contribution in [-0.2, 0) is 6.54 Å². The summed E-state index contributed by atoms with van der Waals surface area (Å²) in [6, 6.07) is 12.3. The van der Waals surface area contributed by atoms with Crippen LogP contribution in [0.4, 0.5) is 4.39 Å². The minimum absolute atomic E-state index is 0.296. The van der Waals surface area contributed by atoms with E-state index in [4.69, 9.17) is 4.74 Å². The highest BCUT2D eigenvalue weighted by atomic mass is 19.1. The number of benzene rings is 2. The molecule has 4 rings (SSSR count). The van der Waals surface area contributed by atoms with Gasteiger partial charge < -0.3 is 4.74 Å². The fourth-order valence-electron chi connectivity index (χ4n) is 2.90. The van der Waals surface area contributed by atoms with Crippen molar-refractivity contribution >= 4 is 5.71 Å². The number of ether oxygens (including phenoxy) is 1. The summed E-state index contributed by atoms with van der Waals surface area (Å²) in [5, 5.41) is 0. The van der Waals surface area contributed by atoms with Crippen LogP contribution in [0, 0.1) is 5.82 Å². The van der Waals surface area contributed by atoms with Crippen molar-refractivity contribution < 1.29 is 9.13 Å². The molecule has 0 spiro atoms. The van der Waals surface area contributed by atoms with E-state index in [1.54, 1.807) is 25.4 Å². The summed E-state index contributed by atoms with van der Waals surface area (Å²) in [7, 11) is 1.62. The van der Waals surface area contributed by atoms with Gasteiger partial charge in [0.2, 0.25) is 0 Å². The molecule has 118 valence electrons. The molecule has 0 atom stereocenters. The van der Waals surface area contributed by atoms with Gasteiger partial charge >= 0.3 is 0 Å². The predicted molar refractivity (Wildman–Crippen MR) is 89.8 cm³/mol. The lowest BCUT2D eigenvalue weighted by molar-refractivity contribution is 0.415. The number of aliphatic imine (C=N–C) groups is 1. The zero-order valence-corrected chi connectivity index (χ0v) is 13.0. The first kappa shape index (κ1) is 14.5. The molecule has 0 saturated heterocycles.